The SMILES string of the molecule is CC(C)c1nccn1[C@@H](C)C(=O)N1CCOc2ccc(CO)cc2C1. The molecule has 0 radical (unpaired) electrons. The van der Waals surface area contributed by atoms with Crippen molar-refractivity contribution in [3.8, 4) is 5.75 Å². The van der Waals surface area contributed by atoms with E-state index in [4.69, 9.17) is 4.74 Å². The Hall–Kier alpha value is -2.34. The third-order valence-corrected chi connectivity index (χ3v) is 4.59. The smallest absolute Gasteiger partial charge is 0.245 e. The van der Waals surface area contributed by atoms with Gasteiger partial charge in [-0.15, -0.1) is 0 Å². The second-order valence-corrected chi connectivity index (χ2v) is 6.73. The van der Waals surface area contributed by atoms with Crippen molar-refractivity contribution in [2.24, 2.45) is 0 Å². The van der Waals surface area contributed by atoms with Crippen LogP contribution < -0.4 is 4.74 Å². The average molecular weight is 343 g/mol. The number of hydrogen-bond acceptors (Lipinski definition) is 4. The molecule has 1 aliphatic rings. The lowest BCUT2D eigenvalue weighted by molar-refractivity contribution is -0.135. The maximum absolute atomic E-state index is 13.1. The molecule has 0 bridgehead atoms. The molecule has 1 N–H and O–H groups in total. The molecule has 0 saturated heterocycles. The zero-order valence-electron chi connectivity index (χ0n) is 15.0. The number of nitrogens with zero attached hydrogens (tertiary/aromatic N) is 3. The summed E-state index contributed by atoms with van der Waals surface area (Å²) >= 11 is 0. The third kappa shape index (κ3) is 3.54. The lowest BCUT2D eigenvalue weighted by Crippen LogP contribution is -2.37. The standard InChI is InChI=1S/C19H25N3O3/c1-13(2)18-20-6-7-22(18)14(3)19(24)21-8-9-25-17-5-4-15(12-23)10-16(17)11-21/h4-7,10,13-14,23H,8-9,11-12H2,1-3H3/t14-/m0/s1. The number of carbonyl (C=O) groups is 1. The van der Waals surface area contributed by atoms with Crippen LogP contribution >= 0.6 is 0 Å². The van der Waals surface area contributed by atoms with Gasteiger partial charge in [0.05, 0.1) is 13.2 Å². The molecule has 25 heavy (non-hydrogen) atoms. The Balaban J connectivity index is 1.83. The van der Waals surface area contributed by atoms with Gasteiger partial charge in [-0.3, -0.25) is 4.79 Å². The summed E-state index contributed by atoms with van der Waals surface area (Å²) in [5.74, 6) is 2.00. The first-order chi connectivity index (χ1) is 12.0. The fourth-order valence-electron chi connectivity index (χ4n) is 3.22. The molecule has 6 heteroatoms. The number of amides is 1. The zero-order valence-corrected chi connectivity index (χ0v) is 15.0. The summed E-state index contributed by atoms with van der Waals surface area (Å²) in [6, 6.07) is 5.30. The Kier molecular flexibility index (Phi) is 5.08. The highest BCUT2D eigenvalue weighted by Crippen LogP contribution is 2.26. The maximum Gasteiger partial charge on any atom is 0.245 e. The summed E-state index contributed by atoms with van der Waals surface area (Å²) in [5.41, 5.74) is 1.75. The lowest BCUT2D eigenvalue weighted by atomic mass is 10.1. The molecular formula is C19H25N3O3. The van der Waals surface area contributed by atoms with Gasteiger partial charge in [0.1, 0.15) is 24.2 Å². The highest BCUT2D eigenvalue weighted by Gasteiger charge is 2.26. The van der Waals surface area contributed by atoms with Gasteiger partial charge in [0.15, 0.2) is 0 Å². The van der Waals surface area contributed by atoms with E-state index in [0.717, 1.165) is 22.7 Å². The van der Waals surface area contributed by atoms with Crippen LogP contribution in [0.4, 0.5) is 0 Å². The molecule has 6 nitrogen and oxygen atoms in total. The van der Waals surface area contributed by atoms with Crippen LogP contribution in [-0.2, 0) is 17.9 Å². The van der Waals surface area contributed by atoms with Gasteiger partial charge in [-0.1, -0.05) is 19.9 Å². The van der Waals surface area contributed by atoms with Gasteiger partial charge in [-0.05, 0) is 24.6 Å². The second-order valence-electron chi connectivity index (χ2n) is 6.73. The van der Waals surface area contributed by atoms with Crippen LogP contribution in [0.15, 0.2) is 30.6 Å². The molecule has 2 aromatic rings. The average Bonchev–Trinajstić information content (AvgIpc) is 3.01. The van der Waals surface area contributed by atoms with Crippen molar-refractivity contribution in [3.63, 3.8) is 0 Å². The van der Waals surface area contributed by atoms with Crippen LogP contribution in [0.3, 0.4) is 0 Å². The van der Waals surface area contributed by atoms with Crippen LogP contribution in [0.25, 0.3) is 0 Å². The fraction of sp³-hybridized carbons (Fsp3) is 0.474. The summed E-state index contributed by atoms with van der Waals surface area (Å²) in [6.07, 6.45) is 3.61. The number of fused-ring (bicyclic) bond motifs is 1. The summed E-state index contributed by atoms with van der Waals surface area (Å²) < 4.78 is 7.71. The van der Waals surface area contributed by atoms with Gasteiger partial charge in [0.25, 0.3) is 0 Å². The van der Waals surface area contributed by atoms with Crippen LogP contribution in [0.1, 0.15) is 49.7 Å². The van der Waals surface area contributed by atoms with E-state index >= 15 is 0 Å². The van der Waals surface area contributed by atoms with Gasteiger partial charge in [-0.2, -0.15) is 0 Å². The van der Waals surface area contributed by atoms with E-state index in [1.165, 1.54) is 0 Å². The Morgan fingerprint density at radius 2 is 2.16 bits per heavy atom. The molecule has 1 amide bonds. The first kappa shape index (κ1) is 17.5. The molecule has 0 saturated carbocycles. The van der Waals surface area contributed by atoms with E-state index in [1.54, 1.807) is 6.20 Å². The first-order valence-corrected chi connectivity index (χ1v) is 8.68. The molecule has 1 atom stereocenters. The molecule has 1 aromatic heterocycles. The van der Waals surface area contributed by atoms with Gasteiger partial charge in [-0.25, -0.2) is 4.98 Å². The maximum atomic E-state index is 13.1. The lowest BCUT2D eigenvalue weighted by Gasteiger charge is -2.26. The highest BCUT2D eigenvalue weighted by molar-refractivity contribution is 5.80. The highest BCUT2D eigenvalue weighted by atomic mass is 16.5. The van der Waals surface area contributed by atoms with Crippen molar-refractivity contribution >= 4 is 5.91 Å². The molecule has 0 fully saturated rings. The minimum absolute atomic E-state index is 0.0234. The third-order valence-electron chi connectivity index (χ3n) is 4.59. The summed E-state index contributed by atoms with van der Waals surface area (Å²) in [6.45, 7) is 7.52. The van der Waals surface area contributed by atoms with E-state index in [1.807, 2.05) is 40.8 Å². The second kappa shape index (κ2) is 7.27. The minimum Gasteiger partial charge on any atom is -0.491 e. The van der Waals surface area contributed by atoms with E-state index in [-0.39, 0.29) is 24.5 Å². The molecule has 0 spiro atoms. The van der Waals surface area contributed by atoms with Crippen molar-refractivity contribution in [1.29, 1.82) is 0 Å². The number of aliphatic hydroxyl groups is 1. The Morgan fingerprint density at radius 3 is 2.88 bits per heavy atom. The van der Waals surface area contributed by atoms with E-state index in [0.29, 0.717) is 19.7 Å². The van der Waals surface area contributed by atoms with Crippen LogP contribution in [0.5, 0.6) is 5.75 Å². The number of rotatable bonds is 4. The van der Waals surface area contributed by atoms with Gasteiger partial charge in [0, 0.05) is 30.4 Å². The molecule has 3 rings (SSSR count). The van der Waals surface area contributed by atoms with Crippen molar-refractivity contribution in [2.75, 3.05) is 13.2 Å². The summed E-state index contributed by atoms with van der Waals surface area (Å²) in [5, 5.41) is 9.35. The molecule has 0 unspecified atom stereocenters. The van der Waals surface area contributed by atoms with E-state index in [9.17, 15) is 9.90 Å². The fourth-order valence-corrected chi connectivity index (χ4v) is 3.22. The summed E-state index contributed by atoms with van der Waals surface area (Å²) in [4.78, 5) is 19.3. The monoisotopic (exact) mass is 343 g/mol. The molecule has 1 aromatic carbocycles. The number of carbonyl (C=O) groups excluding carboxylic acids is 1. The van der Waals surface area contributed by atoms with Crippen molar-refractivity contribution < 1.29 is 14.6 Å². The molecule has 0 aliphatic carbocycles. The molecule has 1 aliphatic heterocycles. The molecule has 2 heterocycles. The topological polar surface area (TPSA) is 67.6 Å². The number of aromatic nitrogens is 2. The van der Waals surface area contributed by atoms with Crippen LogP contribution in [0, 0.1) is 0 Å². The van der Waals surface area contributed by atoms with Crippen LogP contribution in [0.2, 0.25) is 0 Å². The van der Waals surface area contributed by atoms with Gasteiger partial charge in [0.2, 0.25) is 5.91 Å². The Bertz CT molecular complexity index is 754. The van der Waals surface area contributed by atoms with Gasteiger partial charge >= 0.3 is 0 Å². The Morgan fingerprint density at radius 1 is 1.36 bits per heavy atom. The van der Waals surface area contributed by atoms with E-state index < -0.39 is 0 Å². The summed E-state index contributed by atoms with van der Waals surface area (Å²) in [7, 11) is 0. The number of hydrogen-bond donors (Lipinski definition) is 1. The van der Waals surface area contributed by atoms with E-state index in [2.05, 4.69) is 18.8 Å². The number of ether oxygens (including phenoxy) is 1. The number of aliphatic hydroxyl groups excluding tert-OH is 1. The first-order valence-electron chi connectivity index (χ1n) is 8.68. The normalized spacial score (nSPS) is 15.5. The quantitative estimate of drug-likeness (QED) is 0.926. The Labute approximate surface area is 148 Å². The number of imidazole rings is 1. The van der Waals surface area contributed by atoms with Crippen LogP contribution in [-0.4, -0.2) is 38.6 Å². The molecule has 134 valence electrons. The van der Waals surface area contributed by atoms with Gasteiger partial charge < -0.3 is 19.3 Å². The zero-order chi connectivity index (χ0) is 18.0. The van der Waals surface area contributed by atoms with Crippen molar-refractivity contribution in [1.82, 2.24) is 14.5 Å². The van der Waals surface area contributed by atoms with Crippen molar-refractivity contribution in [3.05, 3.63) is 47.5 Å². The number of benzene rings is 1. The largest absolute Gasteiger partial charge is 0.491 e. The molecular weight excluding hydrogens is 318 g/mol. The van der Waals surface area contributed by atoms with Crippen molar-refractivity contribution in [2.45, 2.75) is 45.9 Å². The predicted molar refractivity (Wildman–Crippen MR) is 94.3 cm³/mol. The predicted octanol–water partition coefficient (Wildman–Crippen LogP) is 2.48. The minimum atomic E-state index is -0.317.